The quantitative estimate of drug-likeness (QED) is 0.586. The monoisotopic (exact) mass is 323 g/mol. The second-order valence-corrected chi connectivity index (χ2v) is 6.36. The fourth-order valence-electron chi connectivity index (χ4n) is 3.12. The van der Waals surface area contributed by atoms with Crippen LogP contribution >= 0.6 is 12.2 Å². The van der Waals surface area contributed by atoms with E-state index in [9.17, 15) is 5.11 Å². The minimum Gasteiger partial charge on any atom is -0.508 e. The van der Waals surface area contributed by atoms with Crippen LogP contribution in [0, 0.1) is 4.64 Å². The molecule has 0 saturated carbocycles. The van der Waals surface area contributed by atoms with Gasteiger partial charge in [-0.1, -0.05) is 55.9 Å². The molecule has 1 unspecified atom stereocenters. The molecule has 0 amide bonds. The average molecular weight is 323 g/mol. The van der Waals surface area contributed by atoms with Crippen LogP contribution in [0.3, 0.4) is 0 Å². The molecule has 1 aromatic heterocycles. The van der Waals surface area contributed by atoms with E-state index < -0.39 is 0 Å². The Kier molecular flexibility index (Phi) is 4.49. The molecule has 0 aliphatic heterocycles. The van der Waals surface area contributed by atoms with E-state index in [-0.39, 0.29) is 5.75 Å². The summed E-state index contributed by atoms with van der Waals surface area (Å²) in [5.74, 6) is 0.271. The van der Waals surface area contributed by atoms with Gasteiger partial charge in [0, 0.05) is 17.1 Å². The van der Waals surface area contributed by atoms with Crippen LogP contribution in [0.25, 0.3) is 22.0 Å². The van der Waals surface area contributed by atoms with Gasteiger partial charge in [-0.05, 0) is 48.6 Å². The molecule has 1 N–H and O–H groups in total. The molecule has 0 fully saturated rings. The highest BCUT2D eigenvalue weighted by Gasteiger charge is 2.12. The van der Waals surface area contributed by atoms with Crippen LogP contribution in [0.4, 0.5) is 0 Å². The predicted molar refractivity (Wildman–Crippen MR) is 99.5 cm³/mol. The fourth-order valence-corrected chi connectivity index (χ4v) is 3.57. The van der Waals surface area contributed by atoms with Gasteiger partial charge in [0.2, 0.25) is 0 Å². The highest BCUT2D eigenvalue weighted by Crippen LogP contribution is 2.30. The standard InChI is InChI=1S/C20H21NOS/c1-3-6-14(2)21-19-8-5-4-7-16(19)13-18(20(21)23)15-9-11-17(22)12-10-15/h4-5,7-14,22H,3,6H2,1-2H3. The van der Waals surface area contributed by atoms with Crippen molar-refractivity contribution in [2.45, 2.75) is 32.7 Å². The van der Waals surface area contributed by atoms with Gasteiger partial charge < -0.3 is 9.67 Å². The summed E-state index contributed by atoms with van der Waals surface area (Å²) < 4.78 is 3.13. The molecule has 2 nitrogen and oxygen atoms in total. The molecule has 3 heteroatoms. The van der Waals surface area contributed by atoms with E-state index in [2.05, 4.69) is 48.7 Å². The molecule has 0 aliphatic rings. The summed E-state index contributed by atoms with van der Waals surface area (Å²) in [6, 6.07) is 18.1. The lowest BCUT2D eigenvalue weighted by atomic mass is 10.0. The van der Waals surface area contributed by atoms with Crippen molar-refractivity contribution < 1.29 is 5.11 Å². The summed E-state index contributed by atoms with van der Waals surface area (Å²) in [5, 5.41) is 10.7. The number of phenols is 1. The largest absolute Gasteiger partial charge is 0.508 e. The maximum absolute atomic E-state index is 9.53. The van der Waals surface area contributed by atoms with E-state index in [0.717, 1.165) is 28.6 Å². The average Bonchev–Trinajstić information content (AvgIpc) is 2.55. The van der Waals surface area contributed by atoms with Crippen molar-refractivity contribution in [3.05, 3.63) is 59.2 Å². The molecule has 0 saturated heterocycles. The van der Waals surface area contributed by atoms with Crippen molar-refractivity contribution in [2.24, 2.45) is 0 Å². The number of hydrogen-bond donors (Lipinski definition) is 1. The van der Waals surface area contributed by atoms with Crippen molar-refractivity contribution in [1.82, 2.24) is 4.57 Å². The third kappa shape index (κ3) is 3.02. The van der Waals surface area contributed by atoms with Crippen LogP contribution in [-0.4, -0.2) is 9.67 Å². The number of aromatic hydroxyl groups is 1. The number of pyridine rings is 1. The van der Waals surface area contributed by atoms with Crippen LogP contribution in [0.1, 0.15) is 32.7 Å². The third-order valence-corrected chi connectivity index (χ3v) is 4.69. The molecule has 118 valence electrons. The van der Waals surface area contributed by atoms with Gasteiger partial charge in [0.1, 0.15) is 10.4 Å². The molecule has 0 radical (unpaired) electrons. The third-order valence-electron chi connectivity index (χ3n) is 4.27. The van der Waals surface area contributed by atoms with E-state index in [1.54, 1.807) is 12.1 Å². The first kappa shape index (κ1) is 15.8. The minimum absolute atomic E-state index is 0.271. The molecular weight excluding hydrogens is 302 g/mol. The van der Waals surface area contributed by atoms with Crippen molar-refractivity contribution in [3.8, 4) is 16.9 Å². The van der Waals surface area contributed by atoms with Crippen molar-refractivity contribution in [2.75, 3.05) is 0 Å². The second-order valence-electron chi connectivity index (χ2n) is 5.98. The van der Waals surface area contributed by atoms with Gasteiger partial charge >= 0.3 is 0 Å². The van der Waals surface area contributed by atoms with Gasteiger partial charge in [-0.15, -0.1) is 0 Å². The summed E-state index contributed by atoms with van der Waals surface area (Å²) in [6.45, 7) is 4.43. The lowest BCUT2D eigenvalue weighted by Gasteiger charge is -2.21. The van der Waals surface area contributed by atoms with Gasteiger partial charge in [-0.2, -0.15) is 0 Å². The van der Waals surface area contributed by atoms with Crippen molar-refractivity contribution in [3.63, 3.8) is 0 Å². The maximum Gasteiger partial charge on any atom is 0.115 e. The number of fused-ring (bicyclic) bond motifs is 1. The summed E-state index contributed by atoms with van der Waals surface area (Å²) in [6.07, 6.45) is 2.22. The van der Waals surface area contributed by atoms with Crippen LogP contribution in [0.2, 0.25) is 0 Å². The van der Waals surface area contributed by atoms with Gasteiger partial charge in [0.15, 0.2) is 0 Å². The molecular formula is C20H21NOS. The molecule has 2 aromatic carbocycles. The zero-order valence-electron chi connectivity index (χ0n) is 13.5. The molecule has 0 aliphatic carbocycles. The first-order chi connectivity index (χ1) is 11.1. The molecule has 0 spiro atoms. The Bertz CT molecular complexity index is 880. The van der Waals surface area contributed by atoms with E-state index in [1.807, 2.05) is 12.1 Å². The smallest absolute Gasteiger partial charge is 0.115 e. The van der Waals surface area contributed by atoms with E-state index >= 15 is 0 Å². The highest BCUT2D eigenvalue weighted by atomic mass is 32.1. The Morgan fingerprint density at radius 1 is 1.09 bits per heavy atom. The van der Waals surface area contributed by atoms with Gasteiger partial charge in [0.05, 0.1) is 0 Å². The Morgan fingerprint density at radius 2 is 1.78 bits per heavy atom. The molecule has 0 bridgehead atoms. The molecule has 23 heavy (non-hydrogen) atoms. The predicted octanol–water partition coefficient (Wildman–Crippen LogP) is 6.10. The second kappa shape index (κ2) is 6.55. The number of para-hydroxylation sites is 1. The Morgan fingerprint density at radius 3 is 2.48 bits per heavy atom. The number of hydrogen-bond acceptors (Lipinski definition) is 2. The number of rotatable bonds is 4. The fraction of sp³-hybridized carbons (Fsp3) is 0.250. The highest BCUT2D eigenvalue weighted by molar-refractivity contribution is 7.71. The SMILES string of the molecule is CCCC(C)n1c(=S)c(-c2ccc(O)cc2)cc2ccccc21. The van der Waals surface area contributed by atoms with Gasteiger partial charge in [-0.25, -0.2) is 0 Å². The number of benzene rings is 2. The van der Waals surface area contributed by atoms with Crippen LogP contribution in [0.15, 0.2) is 54.6 Å². The van der Waals surface area contributed by atoms with Gasteiger partial charge in [0.25, 0.3) is 0 Å². The first-order valence-corrected chi connectivity index (χ1v) is 8.46. The number of aromatic nitrogens is 1. The van der Waals surface area contributed by atoms with Crippen LogP contribution in [-0.2, 0) is 0 Å². The van der Waals surface area contributed by atoms with Crippen LogP contribution < -0.4 is 0 Å². The zero-order chi connectivity index (χ0) is 16.4. The Hall–Kier alpha value is -2.13. The molecule has 1 heterocycles. The van der Waals surface area contributed by atoms with E-state index in [0.29, 0.717) is 6.04 Å². The number of nitrogens with zero attached hydrogens (tertiary/aromatic N) is 1. The topological polar surface area (TPSA) is 25.2 Å². The van der Waals surface area contributed by atoms with E-state index in [1.165, 1.54) is 10.9 Å². The summed E-state index contributed by atoms with van der Waals surface area (Å²) in [7, 11) is 0. The minimum atomic E-state index is 0.271. The van der Waals surface area contributed by atoms with Crippen LogP contribution in [0.5, 0.6) is 5.75 Å². The maximum atomic E-state index is 9.53. The Balaban J connectivity index is 2.29. The lowest BCUT2D eigenvalue weighted by molar-refractivity contribution is 0.475. The first-order valence-electron chi connectivity index (χ1n) is 8.05. The number of phenolic OH excluding ortho intramolecular Hbond substituents is 1. The summed E-state index contributed by atoms with van der Waals surface area (Å²) in [4.78, 5) is 0. The molecule has 1 atom stereocenters. The molecule has 3 rings (SSSR count). The van der Waals surface area contributed by atoms with Gasteiger partial charge in [-0.3, -0.25) is 0 Å². The summed E-state index contributed by atoms with van der Waals surface area (Å²) in [5.41, 5.74) is 3.26. The lowest BCUT2D eigenvalue weighted by Crippen LogP contribution is -2.09. The zero-order valence-corrected chi connectivity index (χ0v) is 14.3. The normalized spacial score (nSPS) is 12.4. The molecule has 3 aromatic rings. The summed E-state index contributed by atoms with van der Waals surface area (Å²) >= 11 is 5.83. The Labute approximate surface area is 142 Å². The van der Waals surface area contributed by atoms with E-state index in [4.69, 9.17) is 12.2 Å². The van der Waals surface area contributed by atoms with Crippen molar-refractivity contribution >= 4 is 23.1 Å². The van der Waals surface area contributed by atoms with Crippen molar-refractivity contribution in [1.29, 1.82) is 0 Å².